The van der Waals surface area contributed by atoms with Gasteiger partial charge in [0.1, 0.15) is 11.1 Å². The Kier molecular flexibility index (Phi) is 8.30. The Bertz CT molecular complexity index is 1140. The van der Waals surface area contributed by atoms with Crippen LogP contribution >= 0.6 is 12.2 Å². The van der Waals surface area contributed by atoms with Gasteiger partial charge in [-0.25, -0.2) is 4.39 Å². The van der Waals surface area contributed by atoms with E-state index < -0.39 is 40.3 Å². The number of alkyl halides is 3. The number of thiocarbonyl (C=S) groups is 1. The van der Waals surface area contributed by atoms with Gasteiger partial charge < -0.3 is 4.90 Å². The van der Waals surface area contributed by atoms with Gasteiger partial charge in [0.2, 0.25) is 0 Å². The molecule has 1 aromatic carbocycles. The molecule has 6 nitrogen and oxygen atoms in total. The summed E-state index contributed by atoms with van der Waals surface area (Å²) in [6, 6.07) is 5.08. The van der Waals surface area contributed by atoms with Crippen LogP contribution in [-0.2, 0) is 11.0 Å². The Morgan fingerprint density at radius 3 is 2.53 bits per heavy atom. The second kappa shape index (κ2) is 10.6. The first-order valence-corrected chi connectivity index (χ1v) is 10.5. The van der Waals surface area contributed by atoms with Gasteiger partial charge in [0.15, 0.2) is 10.9 Å². The number of hydrogen-bond acceptors (Lipinski definition) is 5. The number of carbonyl (C=O) groups is 1. The largest absolute Gasteiger partial charge is 0.420 e. The lowest BCUT2D eigenvalue weighted by Crippen LogP contribution is -2.43. The highest BCUT2D eigenvalue weighted by atomic mass is 32.1. The molecule has 1 saturated heterocycles. The third-order valence-corrected chi connectivity index (χ3v) is 5.40. The molecular weight excluding hydrogens is 470 g/mol. The summed E-state index contributed by atoms with van der Waals surface area (Å²) in [4.78, 5) is 19.6. The Labute approximate surface area is 200 Å². The first-order valence-electron chi connectivity index (χ1n) is 10.1. The number of anilines is 1. The van der Waals surface area contributed by atoms with E-state index in [1.807, 2.05) is 6.07 Å². The van der Waals surface area contributed by atoms with Crippen LogP contribution in [0, 0.1) is 28.5 Å². The lowest BCUT2D eigenvalue weighted by molar-refractivity contribution is -0.140. The minimum Gasteiger partial charge on any atom is -0.302 e. The van der Waals surface area contributed by atoms with Crippen LogP contribution < -0.4 is 4.90 Å². The van der Waals surface area contributed by atoms with Crippen molar-refractivity contribution < 1.29 is 22.4 Å². The van der Waals surface area contributed by atoms with Crippen LogP contribution in [0.4, 0.5) is 23.2 Å². The van der Waals surface area contributed by atoms with E-state index in [0.29, 0.717) is 36.4 Å². The van der Waals surface area contributed by atoms with Gasteiger partial charge in [0.25, 0.3) is 5.91 Å². The van der Waals surface area contributed by atoms with Crippen LogP contribution in [0.15, 0.2) is 41.6 Å². The summed E-state index contributed by atoms with van der Waals surface area (Å²) in [5.41, 5.74) is -4.44. The van der Waals surface area contributed by atoms with Crippen molar-refractivity contribution in [2.45, 2.75) is 44.8 Å². The summed E-state index contributed by atoms with van der Waals surface area (Å²) in [5.74, 6) is -2.52. The lowest BCUT2D eigenvalue weighted by Gasteiger charge is -2.29. The molecule has 1 aliphatic rings. The minimum absolute atomic E-state index is 0.254. The normalized spacial score (nSPS) is 16.2. The molecule has 0 saturated carbocycles. The van der Waals surface area contributed by atoms with Crippen molar-refractivity contribution in [3.8, 4) is 12.1 Å². The van der Waals surface area contributed by atoms with Gasteiger partial charge in [0.05, 0.1) is 29.1 Å². The number of rotatable bonds is 8. The molecule has 0 aliphatic carbocycles. The fourth-order valence-electron chi connectivity index (χ4n) is 3.41. The third kappa shape index (κ3) is 5.15. The number of benzene rings is 1. The quantitative estimate of drug-likeness (QED) is 0.163. The molecule has 0 radical (unpaired) electrons. The first kappa shape index (κ1) is 26.7. The molecular formula is C23H21F4N5OS. The number of unbranched alkanes of at least 4 members (excludes halogenated alkanes) is 2. The molecule has 11 heteroatoms. The fraction of sp³-hybridized carbons (Fsp3) is 0.348. The maximum absolute atomic E-state index is 15.1. The maximum atomic E-state index is 15.1. The average molecular weight is 492 g/mol. The molecule has 1 fully saturated rings. The molecule has 2 rings (SSSR count). The van der Waals surface area contributed by atoms with Crippen molar-refractivity contribution in [2.24, 2.45) is 4.99 Å². The average Bonchev–Trinajstić information content (AvgIpc) is 2.93. The number of halogens is 4. The maximum Gasteiger partial charge on any atom is 0.420 e. The zero-order chi connectivity index (χ0) is 25.7. The molecule has 0 atom stereocenters. The van der Waals surface area contributed by atoms with E-state index in [9.17, 15) is 18.0 Å². The predicted molar refractivity (Wildman–Crippen MR) is 123 cm³/mol. The Balaban J connectivity index is 2.52. The van der Waals surface area contributed by atoms with Gasteiger partial charge in [-0.15, -0.1) is 0 Å². The van der Waals surface area contributed by atoms with Crippen LogP contribution in [0.2, 0.25) is 0 Å². The van der Waals surface area contributed by atoms with Crippen LogP contribution in [0.3, 0.4) is 0 Å². The number of aliphatic imine (C=N–C) groups is 1. The highest BCUT2D eigenvalue weighted by Crippen LogP contribution is 2.41. The summed E-state index contributed by atoms with van der Waals surface area (Å²) < 4.78 is 55.5. The molecule has 1 aliphatic heterocycles. The molecule has 1 aromatic rings. The van der Waals surface area contributed by atoms with E-state index >= 15 is 4.39 Å². The third-order valence-electron chi connectivity index (χ3n) is 5.03. The molecule has 1 amide bonds. The molecule has 0 unspecified atom stereocenters. The van der Waals surface area contributed by atoms with Crippen LogP contribution in [-0.4, -0.2) is 34.2 Å². The first-order chi connectivity index (χ1) is 15.9. The minimum atomic E-state index is -5.16. The van der Waals surface area contributed by atoms with E-state index in [4.69, 9.17) is 22.7 Å². The van der Waals surface area contributed by atoms with Gasteiger partial charge in [-0.3, -0.25) is 14.7 Å². The molecule has 34 heavy (non-hydrogen) atoms. The summed E-state index contributed by atoms with van der Waals surface area (Å²) in [5, 5.41) is 17.3. The van der Waals surface area contributed by atoms with E-state index in [1.54, 1.807) is 0 Å². The predicted octanol–water partition coefficient (Wildman–Crippen LogP) is 5.26. The molecule has 0 spiro atoms. The van der Waals surface area contributed by atoms with E-state index in [0.717, 1.165) is 12.1 Å². The van der Waals surface area contributed by atoms with E-state index in [-0.39, 0.29) is 5.11 Å². The zero-order valence-electron chi connectivity index (χ0n) is 18.5. The van der Waals surface area contributed by atoms with Crippen molar-refractivity contribution in [1.82, 2.24) is 4.90 Å². The van der Waals surface area contributed by atoms with Crippen LogP contribution in [0.5, 0.6) is 0 Å². The van der Waals surface area contributed by atoms with Crippen molar-refractivity contribution in [2.75, 3.05) is 11.4 Å². The topological polar surface area (TPSA) is 83.5 Å². The Hall–Kier alpha value is -3.57. The summed E-state index contributed by atoms with van der Waals surface area (Å²) in [6.45, 7) is 7.00. The molecule has 178 valence electrons. The SMILES string of the molecule is C=C/C=C(\C=N/CCCCC#N)N1C(=S)N(c2ccc(C#N)c(C(F)(F)F)c2F)C(=O)C1(C)C. The Morgan fingerprint density at radius 2 is 1.97 bits per heavy atom. The lowest BCUT2D eigenvalue weighted by atomic mass is 10.0. The fourth-order valence-corrected chi connectivity index (χ4v) is 3.93. The zero-order valence-corrected chi connectivity index (χ0v) is 19.3. The van der Waals surface area contributed by atoms with E-state index in [2.05, 4.69) is 11.6 Å². The van der Waals surface area contributed by atoms with Gasteiger partial charge in [0, 0.05) is 19.2 Å². The van der Waals surface area contributed by atoms with Crippen molar-refractivity contribution >= 4 is 35.1 Å². The van der Waals surface area contributed by atoms with Crippen LogP contribution in [0.25, 0.3) is 0 Å². The smallest absolute Gasteiger partial charge is 0.302 e. The number of allylic oxidation sites excluding steroid dienone is 3. The van der Waals surface area contributed by atoms with Crippen molar-refractivity contribution in [3.05, 3.63) is 53.5 Å². The summed E-state index contributed by atoms with van der Waals surface area (Å²) in [6.07, 6.45) is 0.932. The Morgan fingerprint density at radius 1 is 1.29 bits per heavy atom. The number of hydrogen-bond donors (Lipinski definition) is 0. The summed E-state index contributed by atoms with van der Waals surface area (Å²) >= 11 is 5.40. The van der Waals surface area contributed by atoms with Crippen molar-refractivity contribution in [1.29, 1.82) is 10.5 Å². The number of amides is 1. The molecule has 1 heterocycles. The standard InChI is InChI=1S/C23H21F4N5OS/c1-4-8-16(14-30-12-7-5-6-11-28)32-21(34)31(20(33)22(32,2)3)17-10-9-15(13-29)18(19(17)24)23(25,26)27/h4,8-10,14H,1,5-7,12H2,2-3H3/b16-8+,30-14-. The highest BCUT2D eigenvalue weighted by molar-refractivity contribution is 7.80. The van der Waals surface area contributed by atoms with Gasteiger partial charge in [-0.1, -0.05) is 12.7 Å². The van der Waals surface area contributed by atoms with Crippen LogP contribution in [0.1, 0.15) is 44.2 Å². The monoisotopic (exact) mass is 491 g/mol. The number of nitriles is 2. The van der Waals surface area contributed by atoms with Crippen molar-refractivity contribution in [3.63, 3.8) is 0 Å². The molecule has 0 aromatic heterocycles. The number of nitrogens with zero attached hydrogens (tertiary/aromatic N) is 5. The van der Waals surface area contributed by atoms with Gasteiger partial charge >= 0.3 is 6.18 Å². The number of carbonyl (C=O) groups excluding carboxylic acids is 1. The summed E-state index contributed by atoms with van der Waals surface area (Å²) in [7, 11) is 0. The van der Waals surface area contributed by atoms with Gasteiger partial charge in [-0.2, -0.15) is 23.7 Å². The highest BCUT2D eigenvalue weighted by Gasteiger charge is 2.52. The second-order valence-electron chi connectivity index (χ2n) is 7.73. The van der Waals surface area contributed by atoms with Gasteiger partial charge in [-0.05, 0) is 57.1 Å². The molecule has 0 N–H and O–H groups in total. The van der Waals surface area contributed by atoms with E-state index in [1.165, 1.54) is 43.2 Å². The molecule has 0 bridgehead atoms. The second-order valence-corrected chi connectivity index (χ2v) is 8.09.